The van der Waals surface area contributed by atoms with E-state index in [2.05, 4.69) is 20.3 Å². The van der Waals surface area contributed by atoms with Gasteiger partial charge in [-0.05, 0) is 48.7 Å². The Kier molecular flexibility index (Phi) is 7.50. The Balaban J connectivity index is 0.00000306. The molecule has 0 saturated carbocycles. The quantitative estimate of drug-likeness (QED) is 0.348. The van der Waals surface area contributed by atoms with E-state index in [9.17, 15) is 9.50 Å². The first-order valence-electron chi connectivity index (χ1n) is 10.2. The van der Waals surface area contributed by atoms with Crippen molar-refractivity contribution in [1.29, 1.82) is 0 Å². The van der Waals surface area contributed by atoms with E-state index in [1.165, 1.54) is 18.5 Å². The van der Waals surface area contributed by atoms with Crippen LogP contribution in [0.3, 0.4) is 0 Å². The number of fused-ring (bicyclic) bond motifs is 1. The topological polar surface area (TPSA) is 89.4 Å². The normalized spacial score (nSPS) is 11.5. The van der Waals surface area contributed by atoms with Crippen molar-refractivity contribution in [2.24, 2.45) is 0 Å². The Morgan fingerprint density at radius 2 is 1.85 bits per heavy atom. The fourth-order valence-corrected chi connectivity index (χ4v) is 3.42. The number of rotatable bonds is 7. The van der Waals surface area contributed by atoms with Gasteiger partial charge in [-0.15, -0.1) is 12.4 Å². The predicted octanol–water partition coefficient (Wildman–Crippen LogP) is 5.88. The fraction of sp³-hybridized carbons (Fsp3) is 0.208. The van der Waals surface area contributed by atoms with Crippen LogP contribution in [0.5, 0.6) is 17.2 Å². The summed E-state index contributed by atoms with van der Waals surface area (Å²) in [5.74, 6) is 0.898. The first-order chi connectivity index (χ1) is 15.5. The number of anilines is 2. The average molecular weight is 471 g/mol. The highest BCUT2D eigenvalue weighted by atomic mass is 35.5. The molecule has 4 rings (SSSR count). The maximum absolute atomic E-state index is 14.4. The van der Waals surface area contributed by atoms with Crippen molar-refractivity contribution in [3.05, 3.63) is 72.1 Å². The zero-order chi connectivity index (χ0) is 22.7. The minimum atomic E-state index is -0.498. The molecular formula is C24H24ClFN4O3. The van der Waals surface area contributed by atoms with E-state index in [0.717, 1.165) is 12.0 Å². The minimum absolute atomic E-state index is 0. The Bertz CT molecular complexity index is 1260. The maximum Gasteiger partial charge on any atom is 0.164 e. The van der Waals surface area contributed by atoms with Gasteiger partial charge in [0.15, 0.2) is 11.5 Å². The summed E-state index contributed by atoms with van der Waals surface area (Å²) < 4.78 is 26.2. The second-order valence-corrected chi connectivity index (χ2v) is 7.28. The molecule has 0 aliphatic carbocycles. The second-order valence-electron chi connectivity index (χ2n) is 7.28. The van der Waals surface area contributed by atoms with Gasteiger partial charge in [0.2, 0.25) is 0 Å². The van der Waals surface area contributed by atoms with E-state index in [-0.39, 0.29) is 29.9 Å². The van der Waals surface area contributed by atoms with Crippen LogP contribution < -0.4 is 14.8 Å². The number of nitrogens with one attached hydrogen (secondary N) is 1. The number of hydrogen-bond donors (Lipinski definition) is 2. The van der Waals surface area contributed by atoms with Crippen LogP contribution in [-0.2, 0) is 0 Å². The van der Waals surface area contributed by atoms with Crippen LogP contribution in [-0.4, -0.2) is 27.2 Å². The number of aromatic nitrogens is 3. The van der Waals surface area contributed by atoms with Crippen LogP contribution in [0, 0.1) is 12.7 Å². The number of phenolic OH excluding ortho intramolecular Hbond substituents is 1. The number of methoxy groups -OCH3 is 1. The van der Waals surface area contributed by atoms with Gasteiger partial charge in [-0.2, -0.15) is 0 Å². The Morgan fingerprint density at radius 1 is 1.09 bits per heavy atom. The highest BCUT2D eigenvalue weighted by molar-refractivity contribution is 5.93. The molecule has 0 aliphatic rings. The number of phenols is 1. The van der Waals surface area contributed by atoms with Gasteiger partial charge in [-0.1, -0.05) is 6.92 Å². The second kappa shape index (κ2) is 10.3. The molecule has 1 atom stereocenters. The lowest BCUT2D eigenvalue weighted by Gasteiger charge is -2.20. The molecule has 2 heterocycles. The van der Waals surface area contributed by atoms with E-state index >= 15 is 0 Å². The molecule has 0 spiro atoms. The van der Waals surface area contributed by atoms with Gasteiger partial charge in [-0.25, -0.2) is 14.4 Å². The summed E-state index contributed by atoms with van der Waals surface area (Å²) in [5, 5.41) is 13.5. The van der Waals surface area contributed by atoms with Crippen LogP contribution in [0.1, 0.15) is 30.6 Å². The van der Waals surface area contributed by atoms with Crippen LogP contribution in [0.2, 0.25) is 0 Å². The molecule has 0 bridgehead atoms. The first kappa shape index (κ1) is 24.0. The third kappa shape index (κ3) is 5.06. The number of pyridine rings is 1. The van der Waals surface area contributed by atoms with Crippen molar-refractivity contribution in [3.8, 4) is 17.2 Å². The molecule has 4 aromatic rings. The maximum atomic E-state index is 14.4. The van der Waals surface area contributed by atoms with Crippen molar-refractivity contribution in [3.63, 3.8) is 0 Å². The predicted molar refractivity (Wildman–Crippen MR) is 127 cm³/mol. The third-order valence-corrected chi connectivity index (χ3v) is 5.18. The van der Waals surface area contributed by atoms with Gasteiger partial charge in [0.25, 0.3) is 0 Å². The van der Waals surface area contributed by atoms with Gasteiger partial charge in [0.1, 0.15) is 29.8 Å². The third-order valence-electron chi connectivity index (χ3n) is 5.18. The number of hydrogen-bond acceptors (Lipinski definition) is 7. The van der Waals surface area contributed by atoms with E-state index in [1.807, 2.05) is 19.1 Å². The molecule has 0 amide bonds. The molecule has 1 unspecified atom stereocenters. The van der Waals surface area contributed by atoms with Crippen LogP contribution in [0.15, 0.2) is 55.1 Å². The largest absolute Gasteiger partial charge is 0.508 e. The summed E-state index contributed by atoms with van der Waals surface area (Å²) in [4.78, 5) is 12.6. The van der Waals surface area contributed by atoms with E-state index in [4.69, 9.17) is 9.47 Å². The van der Waals surface area contributed by atoms with Gasteiger partial charge in [-0.3, -0.25) is 4.98 Å². The molecule has 33 heavy (non-hydrogen) atoms. The van der Waals surface area contributed by atoms with Gasteiger partial charge < -0.3 is 19.9 Å². The first-order valence-corrected chi connectivity index (χ1v) is 10.2. The zero-order valence-electron chi connectivity index (χ0n) is 18.4. The number of benzene rings is 2. The van der Waals surface area contributed by atoms with Gasteiger partial charge in [0.05, 0.1) is 18.3 Å². The SMILES string of the molecule is CCC(Oc1cc2ncnc(Nc3cc(O)c(C)cc3F)c2cc1OC)c1ccncc1.Cl. The summed E-state index contributed by atoms with van der Waals surface area (Å²) >= 11 is 0. The molecule has 0 radical (unpaired) electrons. The van der Waals surface area contributed by atoms with E-state index in [1.54, 1.807) is 38.6 Å². The van der Waals surface area contributed by atoms with Crippen LogP contribution in [0.25, 0.3) is 10.9 Å². The average Bonchev–Trinajstić information content (AvgIpc) is 2.81. The minimum Gasteiger partial charge on any atom is -0.508 e. The molecule has 2 aromatic heterocycles. The zero-order valence-corrected chi connectivity index (χ0v) is 19.2. The Labute approximate surface area is 197 Å². The Morgan fingerprint density at radius 3 is 2.55 bits per heavy atom. The highest BCUT2D eigenvalue weighted by Crippen LogP contribution is 2.38. The summed E-state index contributed by atoms with van der Waals surface area (Å²) in [6, 6.07) is 9.94. The van der Waals surface area contributed by atoms with Crippen LogP contribution >= 0.6 is 12.4 Å². The molecule has 7 nitrogen and oxygen atoms in total. The molecule has 0 fully saturated rings. The lowest BCUT2D eigenvalue weighted by atomic mass is 10.1. The van der Waals surface area contributed by atoms with Crippen molar-refractivity contribution in [2.45, 2.75) is 26.4 Å². The lowest BCUT2D eigenvalue weighted by Crippen LogP contribution is -2.08. The molecule has 172 valence electrons. The van der Waals surface area contributed by atoms with E-state index in [0.29, 0.717) is 33.8 Å². The van der Waals surface area contributed by atoms with E-state index < -0.39 is 5.82 Å². The van der Waals surface area contributed by atoms with Crippen molar-refractivity contribution in [2.75, 3.05) is 12.4 Å². The smallest absolute Gasteiger partial charge is 0.164 e. The summed E-state index contributed by atoms with van der Waals surface area (Å²) in [6.07, 6.45) is 5.40. The summed E-state index contributed by atoms with van der Waals surface area (Å²) in [6.45, 7) is 3.67. The van der Waals surface area contributed by atoms with Gasteiger partial charge in [0, 0.05) is 29.9 Å². The number of aromatic hydroxyl groups is 1. The molecule has 2 aromatic carbocycles. The molecular weight excluding hydrogens is 447 g/mol. The number of nitrogens with zero attached hydrogens (tertiary/aromatic N) is 3. The molecule has 2 N–H and O–H groups in total. The summed E-state index contributed by atoms with van der Waals surface area (Å²) in [7, 11) is 1.55. The molecule has 0 saturated heterocycles. The molecule has 9 heteroatoms. The van der Waals surface area contributed by atoms with Crippen molar-refractivity contribution >= 4 is 34.8 Å². The fourth-order valence-electron chi connectivity index (χ4n) is 3.42. The van der Waals surface area contributed by atoms with Gasteiger partial charge >= 0.3 is 0 Å². The summed E-state index contributed by atoms with van der Waals surface area (Å²) in [5.41, 5.74) is 2.16. The highest BCUT2D eigenvalue weighted by Gasteiger charge is 2.17. The lowest BCUT2D eigenvalue weighted by molar-refractivity contribution is 0.193. The standard InChI is InChI=1S/C24H23FN4O3.ClH/c1-4-21(15-5-7-26-8-6-15)32-23-12-18-16(10-22(23)31-3)24(28-13-27-18)29-19-11-20(30)14(2)9-17(19)25;/h5-13,21,30H,4H2,1-3H3,(H,27,28,29);1H. The number of halogens is 2. The van der Waals surface area contributed by atoms with Crippen molar-refractivity contribution < 1.29 is 19.0 Å². The van der Waals surface area contributed by atoms with Crippen LogP contribution in [0.4, 0.5) is 15.9 Å². The number of aryl methyl sites for hydroxylation is 1. The monoisotopic (exact) mass is 470 g/mol. The van der Waals surface area contributed by atoms with Crippen molar-refractivity contribution in [1.82, 2.24) is 15.0 Å². The molecule has 0 aliphatic heterocycles. The Hall–Kier alpha value is -3.65. The number of ether oxygens (including phenoxy) is 2.